The van der Waals surface area contributed by atoms with Gasteiger partial charge in [-0.15, -0.1) is 0 Å². The van der Waals surface area contributed by atoms with Gasteiger partial charge in [-0.05, 0) is 24.6 Å². The molecule has 0 amide bonds. The SMILES string of the molecule is CCCN1CCOc2cc(-c3n[nH]c4ccccc34)ccc21. The van der Waals surface area contributed by atoms with Crippen LogP contribution in [0.2, 0.25) is 0 Å². The first kappa shape index (κ1) is 13.2. The normalized spacial score (nSPS) is 14.0. The van der Waals surface area contributed by atoms with Crippen molar-refractivity contribution in [2.24, 2.45) is 0 Å². The van der Waals surface area contributed by atoms with Crippen LogP contribution in [0.25, 0.3) is 22.2 Å². The molecule has 0 spiro atoms. The standard InChI is InChI=1S/C18H19N3O/c1-2-9-21-10-11-22-17-12-13(7-8-16(17)21)18-14-5-3-4-6-15(14)19-20-18/h3-8,12H,2,9-11H2,1H3,(H,19,20). The minimum atomic E-state index is 0.748. The van der Waals surface area contributed by atoms with E-state index in [1.54, 1.807) is 0 Å². The molecule has 0 fully saturated rings. The van der Waals surface area contributed by atoms with E-state index >= 15 is 0 Å². The van der Waals surface area contributed by atoms with Crippen molar-refractivity contribution in [1.29, 1.82) is 0 Å². The maximum Gasteiger partial charge on any atom is 0.143 e. The minimum Gasteiger partial charge on any atom is -0.490 e. The van der Waals surface area contributed by atoms with Gasteiger partial charge in [0.2, 0.25) is 0 Å². The first-order valence-electron chi connectivity index (χ1n) is 7.82. The van der Waals surface area contributed by atoms with Crippen LogP contribution in [-0.4, -0.2) is 29.9 Å². The summed E-state index contributed by atoms with van der Waals surface area (Å²) in [5.74, 6) is 0.962. The second-order valence-electron chi connectivity index (χ2n) is 5.64. The third-order valence-corrected chi connectivity index (χ3v) is 4.16. The molecule has 1 aliphatic rings. The molecule has 0 aliphatic carbocycles. The Morgan fingerprint density at radius 1 is 1.23 bits per heavy atom. The highest BCUT2D eigenvalue weighted by atomic mass is 16.5. The second kappa shape index (κ2) is 5.37. The molecule has 4 heteroatoms. The zero-order valence-corrected chi connectivity index (χ0v) is 12.7. The molecule has 3 aromatic rings. The Morgan fingerprint density at radius 3 is 3.05 bits per heavy atom. The summed E-state index contributed by atoms with van der Waals surface area (Å²) >= 11 is 0. The highest BCUT2D eigenvalue weighted by molar-refractivity contribution is 5.93. The molecule has 4 nitrogen and oxygen atoms in total. The largest absolute Gasteiger partial charge is 0.490 e. The van der Waals surface area contributed by atoms with Gasteiger partial charge in [-0.3, -0.25) is 5.10 Å². The van der Waals surface area contributed by atoms with E-state index in [1.807, 2.05) is 18.2 Å². The molecule has 0 atom stereocenters. The third-order valence-electron chi connectivity index (χ3n) is 4.16. The maximum atomic E-state index is 5.87. The number of fused-ring (bicyclic) bond motifs is 2. The van der Waals surface area contributed by atoms with Gasteiger partial charge in [-0.25, -0.2) is 0 Å². The van der Waals surface area contributed by atoms with Crippen LogP contribution in [0, 0.1) is 0 Å². The number of aromatic amines is 1. The predicted molar refractivity (Wildman–Crippen MR) is 89.5 cm³/mol. The number of anilines is 1. The van der Waals surface area contributed by atoms with Crippen molar-refractivity contribution >= 4 is 16.6 Å². The van der Waals surface area contributed by atoms with Gasteiger partial charge in [-0.1, -0.05) is 31.2 Å². The summed E-state index contributed by atoms with van der Waals surface area (Å²) in [7, 11) is 0. The molecule has 22 heavy (non-hydrogen) atoms. The predicted octanol–water partition coefficient (Wildman–Crippen LogP) is 3.84. The van der Waals surface area contributed by atoms with E-state index in [0.717, 1.165) is 54.0 Å². The third kappa shape index (κ3) is 2.11. The molecular formula is C18H19N3O. The Morgan fingerprint density at radius 2 is 2.14 bits per heavy atom. The van der Waals surface area contributed by atoms with Gasteiger partial charge in [0, 0.05) is 17.5 Å². The topological polar surface area (TPSA) is 41.1 Å². The van der Waals surface area contributed by atoms with Gasteiger partial charge in [0.15, 0.2) is 0 Å². The first-order chi connectivity index (χ1) is 10.9. The van der Waals surface area contributed by atoms with Crippen molar-refractivity contribution in [2.75, 3.05) is 24.6 Å². The highest BCUT2D eigenvalue weighted by Crippen LogP contribution is 2.36. The van der Waals surface area contributed by atoms with Crippen LogP contribution >= 0.6 is 0 Å². The molecule has 1 aromatic heterocycles. The number of benzene rings is 2. The van der Waals surface area contributed by atoms with E-state index in [0.29, 0.717) is 0 Å². The number of aromatic nitrogens is 2. The quantitative estimate of drug-likeness (QED) is 0.797. The molecule has 4 rings (SSSR count). The summed E-state index contributed by atoms with van der Waals surface area (Å²) in [6.45, 7) is 4.99. The van der Waals surface area contributed by atoms with E-state index in [9.17, 15) is 0 Å². The van der Waals surface area contributed by atoms with Gasteiger partial charge < -0.3 is 9.64 Å². The van der Waals surface area contributed by atoms with Crippen molar-refractivity contribution in [3.05, 3.63) is 42.5 Å². The lowest BCUT2D eigenvalue weighted by Crippen LogP contribution is -2.33. The number of hydrogen-bond donors (Lipinski definition) is 1. The summed E-state index contributed by atoms with van der Waals surface area (Å²) < 4.78 is 5.87. The minimum absolute atomic E-state index is 0.748. The number of rotatable bonds is 3. The lowest BCUT2D eigenvalue weighted by molar-refractivity contribution is 0.307. The molecule has 2 aromatic carbocycles. The molecule has 0 unspecified atom stereocenters. The van der Waals surface area contributed by atoms with Crippen LogP contribution < -0.4 is 9.64 Å². The fourth-order valence-corrected chi connectivity index (χ4v) is 3.11. The molecular weight excluding hydrogens is 274 g/mol. The van der Waals surface area contributed by atoms with Gasteiger partial charge in [-0.2, -0.15) is 5.10 Å². The van der Waals surface area contributed by atoms with E-state index in [1.165, 1.54) is 5.69 Å². The number of hydrogen-bond acceptors (Lipinski definition) is 3. The van der Waals surface area contributed by atoms with Crippen LogP contribution in [0.3, 0.4) is 0 Å². The van der Waals surface area contributed by atoms with Crippen LogP contribution in [-0.2, 0) is 0 Å². The second-order valence-corrected chi connectivity index (χ2v) is 5.64. The summed E-state index contributed by atoms with van der Waals surface area (Å²) in [6, 6.07) is 14.6. The molecule has 1 aliphatic heterocycles. The molecule has 0 bridgehead atoms. The molecule has 112 valence electrons. The van der Waals surface area contributed by atoms with Crippen molar-refractivity contribution in [1.82, 2.24) is 10.2 Å². The summed E-state index contributed by atoms with van der Waals surface area (Å²) in [5.41, 5.74) is 4.32. The van der Waals surface area contributed by atoms with Gasteiger partial charge >= 0.3 is 0 Å². The number of para-hydroxylation sites is 1. The average Bonchev–Trinajstić information content (AvgIpc) is 2.99. The van der Waals surface area contributed by atoms with Crippen LogP contribution in [0.15, 0.2) is 42.5 Å². The molecule has 2 heterocycles. The molecule has 0 radical (unpaired) electrons. The Labute approximate surface area is 129 Å². The summed E-state index contributed by atoms with van der Waals surface area (Å²) in [5, 5.41) is 8.71. The fraction of sp³-hybridized carbons (Fsp3) is 0.278. The van der Waals surface area contributed by atoms with Crippen LogP contribution in [0.5, 0.6) is 5.75 Å². The van der Waals surface area contributed by atoms with E-state index in [2.05, 4.69) is 46.3 Å². The molecule has 0 saturated heterocycles. The number of H-pyrrole nitrogens is 1. The van der Waals surface area contributed by atoms with Crippen molar-refractivity contribution in [3.63, 3.8) is 0 Å². The fourth-order valence-electron chi connectivity index (χ4n) is 3.11. The van der Waals surface area contributed by atoms with Crippen molar-refractivity contribution in [3.8, 4) is 17.0 Å². The Balaban J connectivity index is 1.78. The molecule has 1 N–H and O–H groups in total. The van der Waals surface area contributed by atoms with E-state index in [-0.39, 0.29) is 0 Å². The smallest absolute Gasteiger partial charge is 0.143 e. The monoisotopic (exact) mass is 293 g/mol. The Kier molecular flexibility index (Phi) is 3.22. The number of nitrogens with one attached hydrogen (secondary N) is 1. The Hall–Kier alpha value is -2.49. The highest BCUT2D eigenvalue weighted by Gasteiger charge is 2.19. The lowest BCUT2D eigenvalue weighted by Gasteiger charge is -2.31. The molecule has 0 saturated carbocycles. The van der Waals surface area contributed by atoms with Crippen molar-refractivity contribution < 1.29 is 4.74 Å². The Bertz CT molecular complexity index is 809. The summed E-state index contributed by atoms with van der Waals surface area (Å²) in [6.07, 6.45) is 1.14. The van der Waals surface area contributed by atoms with Crippen LogP contribution in [0.4, 0.5) is 5.69 Å². The van der Waals surface area contributed by atoms with Gasteiger partial charge in [0.25, 0.3) is 0 Å². The maximum absolute atomic E-state index is 5.87. The number of nitrogens with zero attached hydrogens (tertiary/aromatic N) is 2. The first-order valence-corrected chi connectivity index (χ1v) is 7.82. The van der Waals surface area contributed by atoms with Crippen LogP contribution in [0.1, 0.15) is 13.3 Å². The summed E-state index contributed by atoms with van der Waals surface area (Å²) in [4.78, 5) is 2.39. The van der Waals surface area contributed by atoms with E-state index in [4.69, 9.17) is 4.74 Å². The zero-order chi connectivity index (χ0) is 14.9. The number of ether oxygens (including phenoxy) is 1. The van der Waals surface area contributed by atoms with Crippen molar-refractivity contribution in [2.45, 2.75) is 13.3 Å². The zero-order valence-electron chi connectivity index (χ0n) is 12.7. The van der Waals surface area contributed by atoms with Gasteiger partial charge in [0.1, 0.15) is 18.1 Å². The average molecular weight is 293 g/mol. The van der Waals surface area contributed by atoms with E-state index < -0.39 is 0 Å². The van der Waals surface area contributed by atoms with Gasteiger partial charge in [0.05, 0.1) is 17.7 Å². The lowest BCUT2D eigenvalue weighted by atomic mass is 10.1.